The Hall–Kier alpha value is 0.420. The molecule has 1 fully saturated rings. The predicted molar refractivity (Wildman–Crippen MR) is 93.1 cm³/mol. The van der Waals surface area contributed by atoms with Gasteiger partial charge in [-0.25, -0.2) is 0 Å². The zero-order valence-electron chi connectivity index (χ0n) is 11.0. The van der Waals surface area contributed by atoms with Gasteiger partial charge in [-0.1, -0.05) is 5.57 Å². The molecular weight excluding hydrogens is 367 g/mol. The summed E-state index contributed by atoms with van der Waals surface area (Å²) < 4.78 is 1.19. The van der Waals surface area contributed by atoms with Gasteiger partial charge < -0.3 is 5.32 Å². The van der Waals surface area contributed by atoms with Crippen LogP contribution in [0.3, 0.4) is 0 Å². The van der Waals surface area contributed by atoms with Crippen LogP contribution < -0.4 is 5.32 Å². The molecule has 0 spiro atoms. The molecule has 110 valence electrons. The minimum Gasteiger partial charge on any atom is -0.314 e. The van der Waals surface area contributed by atoms with Crippen molar-refractivity contribution in [3.8, 4) is 0 Å². The van der Waals surface area contributed by atoms with Gasteiger partial charge in [0, 0.05) is 47.0 Å². The predicted octanol–water partition coefficient (Wildman–Crippen LogP) is 4.27. The van der Waals surface area contributed by atoms with Gasteiger partial charge in [-0.2, -0.15) is 0 Å². The number of halogens is 3. The number of piperazine rings is 1. The van der Waals surface area contributed by atoms with Crippen molar-refractivity contribution in [2.75, 3.05) is 26.2 Å². The Morgan fingerprint density at radius 2 is 2.11 bits per heavy atom. The minimum absolute atomic E-state index is 0. The molecule has 1 N–H and O–H groups in total. The summed E-state index contributed by atoms with van der Waals surface area (Å²) >= 11 is 5.39. The Morgan fingerprint density at radius 3 is 2.58 bits per heavy atom. The van der Waals surface area contributed by atoms with E-state index in [4.69, 9.17) is 0 Å². The van der Waals surface area contributed by atoms with Crippen molar-refractivity contribution in [2.24, 2.45) is 0 Å². The van der Waals surface area contributed by atoms with E-state index in [0.717, 1.165) is 32.6 Å². The molecule has 1 saturated heterocycles. The highest BCUT2D eigenvalue weighted by atomic mass is 79.9. The average Bonchev–Trinajstić information content (AvgIpc) is 2.73. The summed E-state index contributed by atoms with van der Waals surface area (Å²) in [4.78, 5) is 4.02. The first-order chi connectivity index (χ1) is 8.16. The van der Waals surface area contributed by atoms with Crippen LogP contribution in [0.2, 0.25) is 0 Å². The third-order valence-corrected chi connectivity index (χ3v) is 4.85. The number of thiophene rings is 1. The number of rotatable bonds is 4. The fourth-order valence-corrected chi connectivity index (χ4v) is 3.82. The third kappa shape index (κ3) is 5.74. The number of hydrogen-bond donors (Lipinski definition) is 1. The molecule has 6 heteroatoms. The van der Waals surface area contributed by atoms with E-state index >= 15 is 0 Å². The second-order valence-electron chi connectivity index (χ2n) is 4.63. The largest absolute Gasteiger partial charge is 0.314 e. The van der Waals surface area contributed by atoms with Crippen molar-refractivity contribution in [3.05, 3.63) is 32.9 Å². The maximum Gasteiger partial charge on any atom is 0.0479 e. The first-order valence-corrected chi connectivity index (χ1v) is 7.67. The molecule has 2 rings (SSSR count). The van der Waals surface area contributed by atoms with Gasteiger partial charge in [-0.15, -0.1) is 42.7 Å². The van der Waals surface area contributed by atoms with E-state index in [2.05, 4.69) is 51.1 Å². The van der Waals surface area contributed by atoms with Crippen molar-refractivity contribution < 1.29 is 0 Å². The number of nitrogens with zero attached hydrogens (tertiary/aromatic N) is 1. The van der Waals surface area contributed by atoms with Gasteiger partial charge in [0.15, 0.2) is 0 Å². The molecule has 1 aromatic rings. The van der Waals surface area contributed by atoms with Crippen LogP contribution in [0, 0.1) is 0 Å². The van der Waals surface area contributed by atoms with E-state index in [0.29, 0.717) is 6.04 Å². The third-order valence-electron chi connectivity index (χ3n) is 3.05. The summed E-state index contributed by atoms with van der Waals surface area (Å²) in [5, 5.41) is 5.58. The van der Waals surface area contributed by atoms with E-state index in [1.165, 1.54) is 14.9 Å². The van der Waals surface area contributed by atoms with Crippen molar-refractivity contribution in [1.82, 2.24) is 10.2 Å². The van der Waals surface area contributed by atoms with Gasteiger partial charge in [-0.3, -0.25) is 4.90 Å². The van der Waals surface area contributed by atoms with Gasteiger partial charge in [0.25, 0.3) is 0 Å². The standard InChI is InChI=1S/C13H19BrN2S.2ClH/c1-10(2)7-12(13-8-11(14)9-17-13)16-5-3-15-4-6-16;;/h8-9,12,15H,1,3-7H2,2H3;2*1H/t12-;;/m1../s1. The van der Waals surface area contributed by atoms with Crippen molar-refractivity contribution >= 4 is 52.1 Å². The van der Waals surface area contributed by atoms with Crippen LogP contribution in [-0.4, -0.2) is 31.1 Å². The lowest BCUT2D eigenvalue weighted by molar-refractivity contribution is 0.175. The molecule has 0 unspecified atom stereocenters. The Labute approximate surface area is 140 Å². The molecule has 1 aromatic heterocycles. The summed E-state index contributed by atoms with van der Waals surface area (Å²) in [5.41, 5.74) is 1.26. The molecule has 2 nitrogen and oxygen atoms in total. The molecule has 19 heavy (non-hydrogen) atoms. The second-order valence-corrected chi connectivity index (χ2v) is 6.49. The van der Waals surface area contributed by atoms with Crippen molar-refractivity contribution in [3.63, 3.8) is 0 Å². The van der Waals surface area contributed by atoms with Crippen LogP contribution in [0.15, 0.2) is 28.1 Å². The highest BCUT2D eigenvalue weighted by Crippen LogP contribution is 2.33. The van der Waals surface area contributed by atoms with E-state index in [1.54, 1.807) is 0 Å². The maximum atomic E-state index is 4.07. The van der Waals surface area contributed by atoms with E-state index in [9.17, 15) is 0 Å². The van der Waals surface area contributed by atoms with Gasteiger partial charge in [0.1, 0.15) is 0 Å². The molecule has 2 heterocycles. The minimum atomic E-state index is 0. The molecule has 0 amide bonds. The molecule has 0 aromatic carbocycles. The fraction of sp³-hybridized carbons (Fsp3) is 0.538. The smallest absolute Gasteiger partial charge is 0.0479 e. The highest BCUT2D eigenvalue weighted by molar-refractivity contribution is 9.10. The summed E-state index contributed by atoms with van der Waals surface area (Å²) in [6.07, 6.45) is 1.06. The van der Waals surface area contributed by atoms with Crippen LogP contribution in [0.4, 0.5) is 0 Å². The van der Waals surface area contributed by atoms with Crippen molar-refractivity contribution in [1.29, 1.82) is 0 Å². The van der Waals surface area contributed by atoms with Crippen molar-refractivity contribution in [2.45, 2.75) is 19.4 Å². The molecule has 0 saturated carbocycles. The molecular formula is C13H21BrCl2N2S. The van der Waals surface area contributed by atoms with Gasteiger partial charge in [-0.05, 0) is 35.3 Å². The van der Waals surface area contributed by atoms with Crippen LogP contribution in [0.25, 0.3) is 0 Å². The zero-order valence-corrected chi connectivity index (χ0v) is 15.1. The molecule has 1 atom stereocenters. The van der Waals surface area contributed by atoms with Gasteiger partial charge in [0.05, 0.1) is 0 Å². The Balaban J connectivity index is 0.00000162. The van der Waals surface area contributed by atoms with Crippen LogP contribution >= 0.6 is 52.1 Å². The highest BCUT2D eigenvalue weighted by Gasteiger charge is 2.23. The lowest BCUT2D eigenvalue weighted by Crippen LogP contribution is -2.45. The lowest BCUT2D eigenvalue weighted by atomic mass is 10.0. The molecule has 0 radical (unpaired) electrons. The Morgan fingerprint density at radius 1 is 1.47 bits per heavy atom. The Kier molecular flexibility index (Phi) is 9.58. The van der Waals surface area contributed by atoms with E-state index < -0.39 is 0 Å². The number of hydrogen-bond acceptors (Lipinski definition) is 3. The summed E-state index contributed by atoms with van der Waals surface area (Å²) in [7, 11) is 0. The molecule has 0 bridgehead atoms. The van der Waals surface area contributed by atoms with Gasteiger partial charge in [0.2, 0.25) is 0 Å². The van der Waals surface area contributed by atoms with E-state index in [1.807, 2.05) is 11.3 Å². The monoisotopic (exact) mass is 386 g/mol. The SMILES string of the molecule is C=C(C)C[C@H](c1cc(Br)cs1)N1CCNCC1.Cl.Cl. The number of nitrogens with one attached hydrogen (secondary N) is 1. The van der Waals surface area contributed by atoms with Crippen LogP contribution in [0.5, 0.6) is 0 Å². The molecule has 1 aliphatic heterocycles. The normalized spacial score (nSPS) is 17.2. The second kappa shape index (κ2) is 9.37. The first-order valence-electron chi connectivity index (χ1n) is 6.00. The summed E-state index contributed by atoms with van der Waals surface area (Å²) in [6, 6.07) is 2.76. The van der Waals surface area contributed by atoms with Gasteiger partial charge >= 0.3 is 0 Å². The summed E-state index contributed by atoms with van der Waals surface area (Å²) in [5.74, 6) is 0. The molecule has 1 aliphatic rings. The van der Waals surface area contributed by atoms with Crippen LogP contribution in [0.1, 0.15) is 24.3 Å². The maximum absolute atomic E-state index is 4.07. The van der Waals surface area contributed by atoms with E-state index in [-0.39, 0.29) is 24.8 Å². The average molecular weight is 388 g/mol. The topological polar surface area (TPSA) is 15.3 Å². The first kappa shape index (κ1) is 19.4. The zero-order chi connectivity index (χ0) is 12.3. The van der Waals surface area contributed by atoms with Crippen LogP contribution in [-0.2, 0) is 0 Å². The fourth-order valence-electron chi connectivity index (χ4n) is 2.24. The Bertz CT molecular complexity index is 392. The lowest BCUT2D eigenvalue weighted by Gasteiger charge is -2.34. The quantitative estimate of drug-likeness (QED) is 0.776. The molecule has 0 aliphatic carbocycles. The summed E-state index contributed by atoms with van der Waals surface area (Å²) in [6.45, 7) is 10.7.